The van der Waals surface area contributed by atoms with Gasteiger partial charge in [-0.15, -0.1) is 0 Å². The summed E-state index contributed by atoms with van der Waals surface area (Å²) in [6.07, 6.45) is -1.12. The molecule has 0 fully saturated rings. The van der Waals surface area contributed by atoms with E-state index in [0.29, 0.717) is 24.8 Å². The Morgan fingerprint density at radius 2 is 1.79 bits per heavy atom. The summed E-state index contributed by atoms with van der Waals surface area (Å²) < 4.78 is 72.4. The average molecular weight is 409 g/mol. The Labute approximate surface area is 160 Å². The molecule has 29 heavy (non-hydrogen) atoms. The first-order valence-electron chi connectivity index (χ1n) is 8.55. The van der Waals surface area contributed by atoms with Gasteiger partial charge in [-0.25, -0.2) is 13.8 Å². The van der Waals surface area contributed by atoms with Crippen molar-refractivity contribution >= 4 is 11.7 Å². The fourth-order valence-corrected chi connectivity index (χ4v) is 3.29. The molecule has 5 nitrogen and oxygen atoms in total. The molecule has 2 heterocycles. The van der Waals surface area contributed by atoms with Crippen LogP contribution in [0.5, 0.6) is 0 Å². The number of furan rings is 1. The highest BCUT2D eigenvalue weighted by atomic mass is 19.4. The van der Waals surface area contributed by atoms with E-state index in [0.717, 1.165) is 30.6 Å². The SMILES string of the molecule is O=C(Nc1cnc(-c2c(C(F)(F)F)oc3c2CCC3)cn1)c1c(F)cccc1F. The number of fused-ring (bicyclic) bond motifs is 1. The molecule has 0 atom stereocenters. The predicted molar refractivity (Wildman–Crippen MR) is 91.1 cm³/mol. The van der Waals surface area contributed by atoms with Crippen LogP contribution in [0, 0.1) is 11.6 Å². The molecule has 1 aromatic carbocycles. The first kappa shape index (κ1) is 19.0. The molecule has 1 aliphatic carbocycles. The van der Waals surface area contributed by atoms with Gasteiger partial charge in [0.1, 0.15) is 23.0 Å². The second kappa shape index (κ2) is 6.94. The maximum atomic E-state index is 13.7. The lowest BCUT2D eigenvalue weighted by atomic mass is 10.1. The molecule has 1 N–H and O–H groups in total. The minimum absolute atomic E-state index is 0.0701. The van der Waals surface area contributed by atoms with E-state index in [-0.39, 0.29) is 22.8 Å². The summed E-state index contributed by atoms with van der Waals surface area (Å²) in [6, 6.07) is 2.95. The zero-order valence-electron chi connectivity index (χ0n) is 14.6. The number of hydrogen-bond acceptors (Lipinski definition) is 4. The minimum Gasteiger partial charge on any atom is -0.455 e. The Kier molecular flexibility index (Phi) is 4.56. The standard InChI is InChI=1S/C19H12F5N3O2/c20-10-4-2-5-11(21)16(10)18(28)27-14-8-25-12(7-26-14)15-9-3-1-6-13(9)29-17(15)19(22,23)24/h2,4-5,7-8H,1,3,6H2,(H,26,27,28). The summed E-state index contributed by atoms with van der Waals surface area (Å²) in [5.74, 6) is -4.24. The molecule has 0 saturated heterocycles. The van der Waals surface area contributed by atoms with Gasteiger partial charge < -0.3 is 9.73 Å². The van der Waals surface area contributed by atoms with E-state index < -0.39 is 35.0 Å². The van der Waals surface area contributed by atoms with Crippen LogP contribution in [0.15, 0.2) is 35.0 Å². The average Bonchev–Trinajstić information content (AvgIpc) is 3.23. The fraction of sp³-hybridized carbons (Fsp3) is 0.211. The summed E-state index contributed by atoms with van der Waals surface area (Å²) in [5, 5.41) is 2.17. The van der Waals surface area contributed by atoms with Crippen LogP contribution in [0.2, 0.25) is 0 Å². The summed E-state index contributed by atoms with van der Waals surface area (Å²) in [4.78, 5) is 19.9. The number of nitrogens with one attached hydrogen (secondary N) is 1. The topological polar surface area (TPSA) is 68.0 Å². The maximum absolute atomic E-state index is 13.7. The molecule has 0 bridgehead atoms. The molecule has 4 rings (SSSR count). The van der Waals surface area contributed by atoms with Crippen molar-refractivity contribution in [2.24, 2.45) is 0 Å². The number of alkyl halides is 3. The van der Waals surface area contributed by atoms with Crippen molar-refractivity contribution in [3.05, 3.63) is 64.9 Å². The number of rotatable bonds is 3. The smallest absolute Gasteiger partial charge is 0.450 e. The molecule has 0 radical (unpaired) electrons. The monoisotopic (exact) mass is 409 g/mol. The van der Waals surface area contributed by atoms with Gasteiger partial charge >= 0.3 is 6.18 Å². The van der Waals surface area contributed by atoms with Gasteiger partial charge in [0.05, 0.1) is 23.7 Å². The van der Waals surface area contributed by atoms with Crippen molar-refractivity contribution in [1.29, 1.82) is 0 Å². The molecule has 0 spiro atoms. The third kappa shape index (κ3) is 3.45. The van der Waals surface area contributed by atoms with Crippen LogP contribution in [-0.4, -0.2) is 15.9 Å². The normalized spacial score (nSPS) is 13.4. The summed E-state index contributed by atoms with van der Waals surface area (Å²) >= 11 is 0. The highest BCUT2D eigenvalue weighted by Gasteiger charge is 2.42. The number of nitrogens with zero attached hydrogens (tertiary/aromatic N) is 2. The second-order valence-electron chi connectivity index (χ2n) is 6.40. The van der Waals surface area contributed by atoms with Crippen molar-refractivity contribution in [3.63, 3.8) is 0 Å². The van der Waals surface area contributed by atoms with Gasteiger partial charge in [-0.05, 0) is 25.0 Å². The Balaban J connectivity index is 1.64. The minimum atomic E-state index is -4.70. The number of anilines is 1. The van der Waals surface area contributed by atoms with E-state index in [9.17, 15) is 26.7 Å². The van der Waals surface area contributed by atoms with Crippen LogP contribution in [0.4, 0.5) is 27.8 Å². The first-order chi connectivity index (χ1) is 13.8. The zero-order chi connectivity index (χ0) is 20.8. The highest BCUT2D eigenvalue weighted by molar-refractivity contribution is 6.04. The van der Waals surface area contributed by atoms with Gasteiger partial charge in [-0.1, -0.05) is 6.07 Å². The van der Waals surface area contributed by atoms with E-state index in [1.54, 1.807) is 0 Å². The van der Waals surface area contributed by atoms with Crippen molar-refractivity contribution in [3.8, 4) is 11.3 Å². The maximum Gasteiger partial charge on any atom is 0.450 e. The van der Waals surface area contributed by atoms with Gasteiger partial charge in [-0.3, -0.25) is 9.78 Å². The van der Waals surface area contributed by atoms with Crippen LogP contribution in [0.1, 0.15) is 33.9 Å². The fourth-order valence-electron chi connectivity index (χ4n) is 3.29. The van der Waals surface area contributed by atoms with Gasteiger partial charge in [0.15, 0.2) is 5.82 Å². The molecular formula is C19H12F5N3O2. The van der Waals surface area contributed by atoms with Crippen LogP contribution < -0.4 is 5.32 Å². The van der Waals surface area contributed by atoms with E-state index in [4.69, 9.17) is 4.42 Å². The van der Waals surface area contributed by atoms with Crippen LogP contribution in [0.3, 0.4) is 0 Å². The molecule has 0 saturated carbocycles. The van der Waals surface area contributed by atoms with Crippen molar-refractivity contribution in [2.45, 2.75) is 25.4 Å². The number of amides is 1. The lowest BCUT2D eigenvalue weighted by Crippen LogP contribution is -2.16. The molecule has 3 aromatic rings. The predicted octanol–water partition coefficient (Wildman–Crippen LogP) is 4.77. The van der Waals surface area contributed by atoms with Crippen molar-refractivity contribution < 1.29 is 31.2 Å². The number of carbonyl (C=O) groups is 1. The van der Waals surface area contributed by atoms with Gasteiger partial charge in [-0.2, -0.15) is 13.2 Å². The lowest BCUT2D eigenvalue weighted by Gasteiger charge is -2.09. The first-order valence-corrected chi connectivity index (χ1v) is 8.55. The molecule has 150 valence electrons. The van der Waals surface area contributed by atoms with Crippen molar-refractivity contribution in [1.82, 2.24) is 9.97 Å². The van der Waals surface area contributed by atoms with Gasteiger partial charge in [0.2, 0.25) is 5.76 Å². The van der Waals surface area contributed by atoms with E-state index in [1.807, 2.05) is 0 Å². The highest BCUT2D eigenvalue weighted by Crippen LogP contribution is 2.44. The molecule has 1 amide bonds. The van der Waals surface area contributed by atoms with Crippen molar-refractivity contribution in [2.75, 3.05) is 5.32 Å². The summed E-state index contributed by atoms with van der Waals surface area (Å²) in [7, 11) is 0. The van der Waals surface area contributed by atoms with Crippen LogP contribution in [-0.2, 0) is 19.0 Å². The second-order valence-corrected chi connectivity index (χ2v) is 6.40. The van der Waals surface area contributed by atoms with Crippen LogP contribution >= 0.6 is 0 Å². The molecule has 2 aromatic heterocycles. The number of hydrogen-bond donors (Lipinski definition) is 1. The zero-order valence-corrected chi connectivity index (χ0v) is 14.6. The molecular weight excluding hydrogens is 397 g/mol. The number of halogens is 5. The molecule has 1 aliphatic rings. The summed E-state index contributed by atoms with van der Waals surface area (Å²) in [5.41, 5.74) is -0.600. The Morgan fingerprint density at radius 1 is 1.07 bits per heavy atom. The number of benzene rings is 1. The third-order valence-electron chi connectivity index (χ3n) is 4.52. The Bertz CT molecular complexity index is 1070. The quantitative estimate of drug-likeness (QED) is 0.633. The summed E-state index contributed by atoms with van der Waals surface area (Å²) in [6.45, 7) is 0. The Morgan fingerprint density at radius 3 is 2.41 bits per heavy atom. The van der Waals surface area contributed by atoms with Crippen LogP contribution in [0.25, 0.3) is 11.3 Å². The van der Waals surface area contributed by atoms with E-state index >= 15 is 0 Å². The van der Waals surface area contributed by atoms with E-state index in [2.05, 4.69) is 15.3 Å². The number of aromatic nitrogens is 2. The number of carbonyl (C=O) groups excluding carboxylic acids is 1. The van der Waals surface area contributed by atoms with Gasteiger partial charge in [0.25, 0.3) is 5.91 Å². The van der Waals surface area contributed by atoms with E-state index in [1.165, 1.54) is 0 Å². The largest absolute Gasteiger partial charge is 0.455 e. The molecule has 10 heteroatoms. The third-order valence-corrected chi connectivity index (χ3v) is 4.52. The number of aryl methyl sites for hydroxylation is 1. The lowest BCUT2D eigenvalue weighted by molar-refractivity contribution is -0.152. The van der Waals surface area contributed by atoms with Gasteiger partial charge in [0, 0.05) is 12.0 Å². The Hall–Kier alpha value is -3.30. The molecule has 0 aliphatic heterocycles. The molecule has 0 unspecified atom stereocenters.